The van der Waals surface area contributed by atoms with Gasteiger partial charge in [0, 0.05) is 11.1 Å². The van der Waals surface area contributed by atoms with E-state index in [9.17, 15) is 9.90 Å². The quantitative estimate of drug-likeness (QED) is 0.382. The zero-order valence-electron chi connectivity index (χ0n) is 10.8. The Labute approximate surface area is 112 Å². The Kier molecular flexibility index (Phi) is 5.65. The van der Waals surface area contributed by atoms with Crippen LogP contribution < -0.4 is 0 Å². The van der Waals surface area contributed by atoms with Crippen LogP contribution in [-0.2, 0) is 4.79 Å². The number of carbonyl (C=O) groups is 1. The molecule has 0 aliphatic carbocycles. The van der Waals surface area contributed by atoms with Gasteiger partial charge in [0.25, 0.3) is 0 Å². The van der Waals surface area contributed by atoms with Crippen LogP contribution in [-0.4, -0.2) is 23.0 Å². The lowest BCUT2D eigenvalue weighted by Crippen LogP contribution is -2.01. The molecular weight excluding hydrogens is 246 g/mol. The molecule has 0 aliphatic heterocycles. The lowest BCUT2D eigenvalue weighted by molar-refractivity contribution is -0.113. The number of carbonyl (C=O) groups excluding carboxylic acids is 1. The topological polar surface area (TPSA) is 49.7 Å². The number of nitrogens with zero attached hydrogens (tertiary/aromatic N) is 1. The summed E-state index contributed by atoms with van der Waals surface area (Å²) in [6.45, 7) is 4.94. The van der Waals surface area contributed by atoms with E-state index < -0.39 is 0 Å². The van der Waals surface area contributed by atoms with Crippen molar-refractivity contribution in [1.82, 2.24) is 0 Å². The van der Waals surface area contributed by atoms with Crippen LogP contribution >= 0.6 is 11.8 Å². The molecule has 1 aromatic carbocycles. The first kappa shape index (κ1) is 14.5. The van der Waals surface area contributed by atoms with Gasteiger partial charge in [-0.05, 0) is 32.9 Å². The normalized spacial score (nSPS) is 12.6. The van der Waals surface area contributed by atoms with Gasteiger partial charge < -0.3 is 5.11 Å². The number of allylic oxidation sites excluding steroid dienone is 2. The number of hydrogen-bond donors (Lipinski definition) is 1. The molecule has 1 N–H and O–H groups in total. The van der Waals surface area contributed by atoms with E-state index in [1.54, 1.807) is 11.8 Å². The Morgan fingerprint density at radius 1 is 1.33 bits per heavy atom. The SMILES string of the molecule is CC(=O)C(/C=N\CSc1ccc(C)cc1)=C(\C)O. The molecule has 3 nitrogen and oxygen atoms in total. The van der Waals surface area contributed by atoms with Gasteiger partial charge in [0.15, 0.2) is 5.78 Å². The van der Waals surface area contributed by atoms with Crippen molar-refractivity contribution in [2.24, 2.45) is 4.99 Å². The van der Waals surface area contributed by atoms with Gasteiger partial charge in [0.05, 0.1) is 11.4 Å². The molecule has 1 aromatic rings. The monoisotopic (exact) mass is 263 g/mol. The fraction of sp³-hybridized carbons (Fsp3) is 0.286. The molecule has 0 amide bonds. The zero-order chi connectivity index (χ0) is 13.5. The highest BCUT2D eigenvalue weighted by Crippen LogP contribution is 2.18. The number of rotatable bonds is 5. The number of thioether (sulfide) groups is 1. The summed E-state index contributed by atoms with van der Waals surface area (Å²) in [5.74, 6) is 0.346. The maximum absolute atomic E-state index is 11.2. The van der Waals surface area contributed by atoms with Gasteiger partial charge >= 0.3 is 0 Å². The number of ketones is 1. The minimum Gasteiger partial charge on any atom is -0.512 e. The molecule has 0 saturated carbocycles. The number of aryl methyl sites for hydroxylation is 1. The predicted molar refractivity (Wildman–Crippen MR) is 76.4 cm³/mol. The second kappa shape index (κ2) is 7.01. The molecule has 0 fully saturated rings. The largest absolute Gasteiger partial charge is 0.512 e. The van der Waals surface area contributed by atoms with Gasteiger partial charge in [0.2, 0.25) is 0 Å². The van der Waals surface area contributed by atoms with E-state index in [4.69, 9.17) is 0 Å². The number of aliphatic hydroxyl groups is 1. The average Bonchev–Trinajstić information content (AvgIpc) is 2.30. The van der Waals surface area contributed by atoms with Crippen molar-refractivity contribution in [2.45, 2.75) is 25.7 Å². The lowest BCUT2D eigenvalue weighted by Gasteiger charge is -2.00. The van der Waals surface area contributed by atoms with Crippen LogP contribution in [0.15, 0.2) is 45.5 Å². The number of aliphatic imine (C=N–C) groups is 1. The average molecular weight is 263 g/mol. The summed E-state index contributed by atoms with van der Waals surface area (Å²) in [6, 6.07) is 8.17. The van der Waals surface area contributed by atoms with Gasteiger partial charge in [-0.3, -0.25) is 9.79 Å². The Balaban J connectivity index is 2.53. The van der Waals surface area contributed by atoms with Crippen molar-refractivity contribution in [1.29, 1.82) is 0 Å². The third kappa shape index (κ3) is 4.75. The summed E-state index contributed by atoms with van der Waals surface area (Å²) in [5, 5.41) is 9.29. The smallest absolute Gasteiger partial charge is 0.164 e. The molecule has 18 heavy (non-hydrogen) atoms. The molecule has 0 saturated heterocycles. The van der Waals surface area contributed by atoms with E-state index in [-0.39, 0.29) is 17.1 Å². The van der Waals surface area contributed by atoms with E-state index in [2.05, 4.69) is 4.99 Å². The van der Waals surface area contributed by atoms with Crippen LogP contribution in [0, 0.1) is 6.92 Å². The molecule has 96 valence electrons. The van der Waals surface area contributed by atoms with E-state index in [0.717, 1.165) is 4.90 Å². The predicted octanol–water partition coefficient (Wildman–Crippen LogP) is 3.54. The van der Waals surface area contributed by atoms with Gasteiger partial charge in [-0.1, -0.05) is 17.7 Å². The fourth-order valence-corrected chi connectivity index (χ4v) is 1.94. The fourth-order valence-electron chi connectivity index (χ4n) is 1.31. The minimum atomic E-state index is -0.181. The molecule has 0 heterocycles. The highest BCUT2D eigenvalue weighted by Gasteiger charge is 2.03. The van der Waals surface area contributed by atoms with Gasteiger partial charge in [-0.2, -0.15) is 0 Å². The summed E-state index contributed by atoms with van der Waals surface area (Å²) >= 11 is 1.58. The van der Waals surface area contributed by atoms with Crippen LogP contribution in [0.3, 0.4) is 0 Å². The van der Waals surface area contributed by atoms with E-state index >= 15 is 0 Å². The van der Waals surface area contributed by atoms with Crippen LogP contribution in [0.2, 0.25) is 0 Å². The van der Waals surface area contributed by atoms with Gasteiger partial charge in [-0.25, -0.2) is 0 Å². The molecule has 0 radical (unpaired) electrons. The molecule has 0 atom stereocenters. The van der Waals surface area contributed by atoms with E-state index in [0.29, 0.717) is 5.88 Å². The summed E-state index contributed by atoms with van der Waals surface area (Å²) in [5.41, 5.74) is 1.49. The molecular formula is C14H17NO2S. The third-order valence-electron chi connectivity index (χ3n) is 2.32. The second-order valence-electron chi connectivity index (χ2n) is 3.95. The summed E-state index contributed by atoms with van der Waals surface area (Å²) in [6.07, 6.45) is 1.43. The Morgan fingerprint density at radius 3 is 2.44 bits per heavy atom. The number of Topliss-reactive ketones (excluding diaryl/α,β-unsaturated/α-hetero) is 1. The maximum Gasteiger partial charge on any atom is 0.164 e. The lowest BCUT2D eigenvalue weighted by atomic mass is 10.2. The van der Waals surface area contributed by atoms with Gasteiger partial charge in [-0.15, -0.1) is 11.8 Å². The first-order chi connectivity index (χ1) is 8.50. The molecule has 4 heteroatoms. The number of aliphatic hydroxyl groups excluding tert-OH is 1. The third-order valence-corrected chi connectivity index (χ3v) is 3.20. The molecule has 0 aliphatic rings. The Morgan fingerprint density at radius 2 is 1.94 bits per heavy atom. The second-order valence-corrected chi connectivity index (χ2v) is 4.97. The van der Waals surface area contributed by atoms with Crippen molar-refractivity contribution >= 4 is 23.8 Å². The summed E-state index contributed by atoms with van der Waals surface area (Å²) in [7, 11) is 0. The van der Waals surface area contributed by atoms with Crippen LogP contribution in [0.25, 0.3) is 0 Å². The molecule has 0 spiro atoms. The van der Waals surface area contributed by atoms with Crippen molar-refractivity contribution in [3.63, 3.8) is 0 Å². The zero-order valence-corrected chi connectivity index (χ0v) is 11.6. The van der Waals surface area contributed by atoms with Crippen molar-refractivity contribution in [2.75, 3.05) is 5.88 Å². The Hall–Kier alpha value is -1.55. The highest BCUT2D eigenvalue weighted by molar-refractivity contribution is 7.99. The first-order valence-corrected chi connectivity index (χ1v) is 6.59. The summed E-state index contributed by atoms with van der Waals surface area (Å²) < 4.78 is 0. The van der Waals surface area contributed by atoms with Crippen LogP contribution in [0.5, 0.6) is 0 Å². The molecule has 0 unspecified atom stereocenters. The van der Waals surface area contributed by atoms with Crippen LogP contribution in [0.1, 0.15) is 19.4 Å². The maximum atomic E-state index is 11.2. The number of hydrogen-bond acceptors (Lipinski definition) is 4. The van der Waals surface area contributed by atoms with E-state index in [1.807, 2.05) is 31.2 Å². The summed E-state index contributed by atoms with van der Waals surface area (Å²) in [4.78, 5) is 16.4. The van der Waals surface area contributed by atoms with Crippen LogP contribution in [0.4, 0.5) is 0 Å². The van der Waals surface area contributed by atoms with Gasteiger partial charge in [0.1, 0.15) is 5.76 Å². The highest BCUT2D eigenvalue weighted by atomic mass is 32.2. The standard InChI is InChI=1S/C14H17NO2S/c1-10-4-6-13(7-5-10)18-9-15-8-14(11(2)16)12(3)17/h4-8,16H,9H2,1-3H3/b14-11+,15-8-. The minimum absolute atomic E-state index is 0.00610. The van der Waals surface area contributed by atoms with Crippen molar-refractivity contribution < 1.29 is 9.90 Å². The van der Waals surface area contributed by atoms with Crippen molar-refractivity contribution in [3.05, 3.63) is 41.2 Å². The van der Waals surface area contributed by atoms with Crippen molar-refractivity contribution in [3.8, 4) is 0 Å². The first-order valence-electron chi connectivity index (χ1n) is 5.60. The molecule has 0 bridgehead atoms. The van der Waals surface area contributed by atoms with E-state index in [1.165, 1.54) is 25.6 Å². The molecule has 0 aromatic heterocycles. The molecule has 1 rings (SSSR count). The number of benzene rings is 1. The Bertz CT molecular complexity index is 471.